The summed E-state index contributed by atoms with van der Waals surface area (Å²) in [5.41, 5.74) is 9.86. The first-order valence-corrected chi connectivity index (χ1v) is 11.8. The van der Waals surface area contributed by atoms with Gasteiger partial charge in [0.2, 0.25) is 0 Å². The summed E-state index contributed by atoms with van der Waals surface area (Å²) in [6, 6.07) is 12.5. The van der Waals surface area contributed by atoms with Crippen LogP contribution in [0, 0.1) is 0 Å². The summed E-state index contributed by atoms with van der Waals surface area (Å²) in [6.45, 7) is 0.923. The van der Waals surface area contributed by atoms with Crippen molar-refractivity contribution in [3.63, 3.8) is 0 Å². The van der Waals surface area contributed by atoms with Crippen molar-refractivity contribution in [1.29, 1.82) is 0 Å². The molecular weight excluding hydrogens is 478 g/mol. The van der Waals surface area contributed by atoms with Crippen molar-refractivity contribution in [2.24, 2.45) is 7.05 Å². The zero-order valence-electron chi connectivity index (χ0n) is 19.6. The minimum atomic E-state index is -0.323. The van der Waals surface area contributed by atoms with E-state index in [-0.39, 0.29) is 23.7 Å². The average molecular weight is 502 g/mol. The molecule has 1 saturated heterocycles. The quantitative estimate of drug-likeness (QED) is 0.432. The van der Waals surface area contributed by atoms with E-state index in [1.54, 1.807) is 52.4 Å². The Morgan fingerprint density at radius 1 is 1.08 bits per heavy atom. The van der Waals surface area contributed by atoms with Crippen LogP contribution < -0.4 is 11.1 Å². The molecule has 0 radical (unpaired) electrons. The molecule has 182 valence electrons. The van der Waals surface area contributed by atoms with Crippen LogP contribution in [0.5, 0.6) is 0 Å². The van der Waals surface area contributed by atoms with Crippen LogP contribution in [0.15, 0.2) is 67.3 Å². The highest BCUT2D eigenvalue weighted by atomic mass is 35.5. The van der Waals surface area contributed by atoms with E-state index in [0.717, 1.165) is 16.7 Å². The third kappa shape index (κ3) is 4.78. The Morgan fingerprint density at radius 2 is 1.92 bits per heavy atom. The smallest absolute Gasteiger partial charge is 0.255 e. The van der Waals surface area contributed by atoms with Crippen molar-refractivity contribution in [1.82, 2.24) is 30.0 Å². The van der Waals surface area contributed by atoms with Crippen LogP contribution in [-0.2, 0) is 7.05 Å². The van der Waals surface area contributed by atoms with E-state index in [4.69, 9.17) is 17.3 Å². The van der Waals surface area contributed by atoms with Crippen molar-refractivity contribution >= 4 is 29.2 Å². The monoisotopic (exact) mass is 501 g/mol. The highest BCUT2D eigenvalue weighted by Crippen LogP contribution is 2.26. The molecule has 36 heavy (non-hydrogen) atoms. The van der Waals surface area contributed by atoms with Crippen LogP contribution in [0.1, 0.15) is 27.1 Å². The summed E-state index contributed by atoms with van der Waals surface area (Å²) < 4.78 is 1.68. The Bertz CT molecular complexity index is 1430. The lowest BCUT2D eigenvalue weighted by Gasteiger charge is -2.17. The van der Waals surface area contributed by atoms with Gasteiger partial charge in [0.25, 0.3) is 11.8 Å². The molecule has 0 bridgehead atoms. The van der Waals surface area contributed by atoms with Gasteiger partial charge in [-0.25, -0.2) is 4.98 Å². The standard InChI is InChI=1S/C26H24ClN7O2/c1-33-14-18(13-31-33)17-10-21(24(28)30-12-17)25(35)32-19-8-9-34(15-19)26(36)16-6-7-23(29-11-16)20-4-2-3-5-22(20)27/h2-7,10-14,19H,8-9,15H2,1H3,(H2,28,30)(H,32,35)/t19-/m1/s1. The SMILES string of the molecule is Cn1cc(-c2cnc(N)c(C(=O)N[C@@H]3CCN(C(=O)c4ccc(-c5ccccc5Cl)nc4)C3)c2)cn1. The largest absolute Gasteiger partial charge is 0.383 e. The molecule has 0 aliphatic carbocycles. The van der Waals surface area contributed by atoms with Crippen molar-refractivity contribution in [2.45, 2.75) is 12.5 Å². The normalized spacial score (nSPS) is 15.2. The lowest BCUT2D eigenvalue weighted by Crippen LogP contribution is -2.38. The third-order valence-electron chi connectivity index (χ3n) is 6.17. The van der Waals surface area contributed by atoms with Crippen LogP contribution in [0.4, 0.5) is 5.82 Å². The van der Waals surface area contributed by atoms with E-state index < -0.39 is 0 Å². The lowest BCUT2D eigenvalue weighted by molar-refractivity contribution is 0.0783. The molecule has 0 spiro atoms. The predicted molar refractivity (Wildman–Crippen MR) is 137 cm³/mol. The molecule has 3 N–H and O–H groups in total. The Balaban J connectivity index is 1.23. The van der Waals surface area contributed by atoms with Gasteiger partial charge < -0.3 is 16.0 Å². The summed E-state index contributed by atoms with van der Waals surface area (Å²) in [4.78, 5) is 36.3. The number of anilines is 1. The topological polar surface area (TPSA) is 119 Å². The molecule has 1 atom stereocenters. The minimum absolute atomic E-state index is 0.135. The van der Waals surface area contributed by atoms with Gasteiger partial charge in [-0.2, -0.15) is 5.10 Å². The number of hydrogen-bond donors (Lipinski definition) is 2. The highest BCUT2D eigenvalue weighted by molar-refractivity contribution is 6.33. The second kappa shape index (κ2) is 9.79. The van der Waals surface area contributed by atoms with Crippen LogP contribution in [0.2, 0.25) is 5.02 Å². The number of halogens is 1. The minimum Gasteiger partial charge on any atom is -0.383 e. The van der Waals surface area contributed by atoms with Gasteiger partial charge in [-0.3, -0.25) is 19.3 Å². The summed E-state index contributed by atoms with van der Waals surface area (Å²) in [6.07, 6.45) is 7.35. The second-order valence-corrected chi connectivity index (χ2v) is 9.09. The fourth-order valence-corrected chi connectivity index (χ4v) is 4.47. The van der Waals surface area contributed by atoms with E-state index >= 15 is 0 Å². The molecule has 1 aliphatic heterocycles. The highest BCUT2D eigenvalue weighted by Gasteiger charge is 2.29. The van der Waals surface area contributed by atoms with Gasteiger partial charge in [0.15, 0.2) is 0 Å². The third-order valence-corrected chi connectivity index (χ3v) is 6.50. The number of benzene rings is 1. The lowest BCUT2D eigenvalue weighted by atomic mass is 10.1. The number of hydrogen-bond acceptors (Lipinski definition) is 6. The summed E-state index contributed by atoms with van der Waals surface area (Å²) >= 11 is 6.25. The van der Waals surface area contributed by atoms with E-state index in [1.807, 2.05) is 31.4 Å². The van der Waals surface area contributed by atoms with Gasteiger partial charge in [0, 0.05) is 66.5 Å². The van der Waals surface area contributed by atoms with Gasteiger partial charge in [-0.1, -0.05) is 29.8 Å². The number of aryl methyl sites for hydroxylation is 1. The van der Waals surface area contributed by atoms with E-state index in [9.17, 15) is 9.59 Å². The zero-order valence-corrected chi connectivity index (χ0v) is 20.3. The summed E-state index contributed by atoms with van der Waals surface area (Å²) in [5.74, 6) is -0.309. The first-order chi connectivity index (χ1) is 17.4. The zero-order chi connectivity index (χ0) is 25.2. The number of carbonyl (C=O) groups is 2. The fourth-order valence-electron chi connectivity index (χ4n) is 4.24. The Hall–Kier alpha value is -4.24. The van der Waals surface area contributed by atoms with Crippen LogP contribution in [-0.4, -0.2) is 55.6 Å². The molecule has 0 saturated carbocycles. The van der Waals surface area contributed by atoms with Gasteiger partial charge in [-0.15, -0.1) is 0 Å². The maximum absolute atomic E-state index is 13.0. The number of nitrogens with two attached hydrogens (primary N) is 1. The molecular formula is C26H24ClN7O2. The molecule has 4 heterocycles. The van der Waals surface area contributed by atoms with Gasteiger partial charge in [-0.05, 0) is 30.7 Å². The summed E-state index contributed by atoms with van der Waals surface area (Å²) in [7, 11) is 1.82. The number of pyridine rings is 2. The molecule has 1 aromatic carbocycles. The molecule has 5 rings (SSSR count). The van der Waals surface area contributed by atoms with E-state index in [0.29, 0.717) is 41.4 Å². The van der Waals surface area contributed by atoms with Crippen LogP contribution in [0.3, 0.4) is 0 Å². The Labute approximate surface area is 212 Å². The van der Waals surface area contributed by atoms with Crippen LogP contribution >= 0.6 is 11.6 Å². The Kier molecular flexibility index (Phi) is 6.39. The molecule has 3 aromatic heterocycles. The van der Waals surface area contributed by atoms with Gasteiger partial charge in [0.05, 0.1) is 23.0 Å². The number of nitrogens with zero attached hydrogens (tertiary/aromatic N) is 5. The first kappa shape index (κ1) is 23.5. The van der Waals surface area contributed by atoms with E-state index in [1.165, 1.54) is 0 Å². The summed E-state index contributed by atoms with van der Waals surface area (Å²) in [5, 5.41) is 7.75. The van der Waals surface area contributed by atoms with Gasteiger partial charge >= 0.3 is 0 Å². The fraction of sp³-hybridized carbons (Fsp3) is 0.192. The molecule has 0 unspecified atom stereocenters. The first-order valence-electron chi connectivity index (χ1n) is 11.4. The van der Waals surface area contributed by atoms with Crippen molar-refractivity contribution in [2.75, 3.05) is 18.8 Å². The molecule has 1 aliphatic rings. The number of amides is 2. The number of rotatable bonds is 5. The number of likely N-dealkylation sites (tertiary alicyclic amines) is 1. The van der Waals surface area contributed by atoms with Gasteiger partial charge in [0.1, 0.15) is 5.82 Å². The molecule has 4 aromatic rings. The van der Waals surface area contributed by atoms with Crippen molar-refractivity contribution in [3.05, 3.63) is 83.4 Å². The number of aromatic nitrogens is 4. The maximum Gasteiger partial charge on any atom is 0.255 e. The maximum atomic E-state index is 13.0. The van der Waals surface area contributed by atoms with Crippen molar-refractivity contribution in [3.8, 4) is 22.4 Å². The molecule has 10 heteroatoms. The van der Waals surface area contributed by atoms with E-state index in [2.05, 4.69) is 20.4 Å². The van der Waals surface area contributed by atoms with Crippen molar-refractivity contribution < 1.29 is 9.59 Å². The molecule has 9 nitrogen and oxygen atoms in total. The molecule has 1 fully saturated rings. The van der Waals surface area contributed by atoms with Crippen LogP contribution in [0.25, 0.3) is 22.4 Å². The predicted octanol–water partition coefficient (Wildman–Crippen LogP) is 3.42. The average Bonchev–Trinajstić information content (AvgIpc) is 3.53. The number of nitrogens with one attached hydrogen (secondary N) is 1. The molecule has 2 amide bonds. The Morgan fingerprint density at radius 3 is 2.64 bits per heavy atom. The number of nitrogen functional groups attached to an aromatic ring is 1. The number of carbonyl (C=O) groups excluding carboxylic acids is 2. The second-order valence-electron chi connectivity index (χ2n) is 8.68.